The number of carbonyl (C=O) groups excluding carboxylic acids is 1. The van der Waals surface area contributed by atoms with Gasteiger partial charge < -0.3 is 19.7 Å². The van der Waals surface area contributed by atoms with Gasteiger partial charge in [-0.2, -0.15) is 0 Å². The molecule has 0 saturated heterocycles. The van der Waals surface area contributed by atoms with Crippen LogP contribution in [0.3, 0.4) is 0 Å². The molecule has 2 atom stereocenters. The highest BCUT2D eigenvalue weighted by Gasteiger charge is 2.30. The lowest BCUT2D eigenvalue weighted by Crippen LogP contribution is -3.16. The number of halogens is 1. The van der Waals surface area contributed by atoms with Gasteiger partial charge in [0.2, 0.25) is 0 Å². The normalized spacial score (nSPS) is 17.2. The third-order valence-corrected chi connectivity index (χ3v) is 5.17. The molecule has 138 valence electrons. The number of nitrogens with one attached hydrogen (secondary N) is 2. The lowest BCUT2D eigenvalue weighted by atomic mass is 9.97. The minimum absolute atomic E-state index is 0.00815. The van der Waals surface area contributed by atoms with Crippen molar-refractivity contribution in [3.63, 3.8) is 0 Å². The molecular weight excluding hydrogens is 352 g/mol. The highest BCUT2D eigenvalue weighted by atomic mass is 35.5. The summed E-state index contributed by atoms with van der Waals surface area (Å²) in [6, 6.07) is 11.1. The van der Waals surface area contributed by atoms with Gasteiger partial charge in [0.25, 0.3) is 5.91 Å². The Morgan fingerprint density at radius 2 is 1.85 bits per heavy atom. The van der Waals surface area contributed by atoms with Gasteiger partial charge in [0.1, 0.15) is 6.54 Å². The lowest BCUT2D eigenvalue weighted by molar-refractivity contribution is -0.929. The van der Waals surface area contributed by atoms with E-state index in [-0.39, 0.29) is 11.9 Å². The molecule has 3 rings (SSSR count). The summed E-state index contributed by atoms with van der Waals surface area (Å²) < 4.78 is 10.8. The van der Waals surface area contributed by atoms with Crippen molar-refractivity contribution in [3.8, 4) is 11.5 Å². The van der Waals surface area contributed by atoms with Crippen LogP contribution in [0, 0.1) is 0 Å². The largest absolute Gasteiger partial charge is 0.493 e. The van der Waals surface area contributed by atoms with E-state index in [1.165, 1.54) is 16.0 Å². The Kier molecular flexibility index (Phi) is 5.69. The molecule has 6 heteroatoms. The van der Waals surface area contributed by atoms with Crippen molar-refractivity contribution in [2.45, 2.75) is 25.9 Å². The smallest absolute Gasteiger partial charge is 0.282 e. The van der Waals surface area contributed by atoms with Crippen molar-refractivity contribution >= 4 is 23.2 Å². The Morgan fingerprint density at radius 3 is 2.50 bits per heavy atom. The van der Waals surface area contributed by atoms with Gasteiger partial charge in [0.05, 0.1) is 20.8 Å². The highest BCUT2D eigenvalue weighted by Crippen LogP contribution is 2.31. The Bertz CT molecular complexity index is 810. The van der Waals surface area contributed by atoms with E-state index in [1.54, 1.807) is 26.4 Å². The lowest BCUT2D eigenvalue weighted by Gasteiger charge is -2.30. The summed E-state index contributed by atoms with van der Waals surface area (Å²) in [5, 5.41) is 3.56. The maximum absolute atomic E-state index is 12.6. The van der Waals surface area contributed by atoms with Crippen LogP contribution in [0.1, 0.15) is 18.1 Å². The number of quaternary nitrogens is 1. The summed E-state index contributed by atoms with van der Waals surface area (Å²) in [6.45, 7) is 3.63. The summed E-state index contributed by atoms with van der Waals surface area (Å²) >= 11 is 5.99. The standard InChI is InChI=1S/C20H23ClN2O3/c1-13(20(24)22-17-6-4-5-16(21)11-17)23-8-7-14-9-18(25-2)19(26-3)10-15(14)12-23/h4-6,9-11,13H,7-8,12H2,1-3H3,(H,22,24)/p+1/t13-/m1/s1. The fourth-order valence-electron chi connectivity index (χ4n) is 3.36. The van der Waals surface area contributed by atoms with Crippen LogP contribution < -0.4 is 19.7 Å². The minimum Gasteiger partial charge on any atom is -0.493 e. The third kappa shape index (κ3) is 3.94. The first kappa shape index (κ1) is 18.5. The van der Waals surface area contributed by atoms with E-state index in [9.17, 15) is 4.79 Å². The number of ether oxygens (including phenoxy) is 2. The van der Waals surface area contributed by atoms with Gasteiger partial charge in [-0.1, -0.05) is 17.7 Å². The predicted molar refractivity (Wildman–Crippen MR) is 102 cm³/mol. The molecule has 0 spiro atoms. The Balaban J connectivity index is 1.72. The van der Waals surface area contributed by atoms with Gasteiger partial charge >= 0.3 is 0 Å². The second-order valence-electron chi connectivity index (χ2n) is 6.53. The highest BCUT2D eigenvalue weighted by molar-refractivity contribution is 6.30. The zero-order valence-electron chi connectivity index (χ0n) is 15.3. The summed E-state index contributed by atoms with van der Waals surface area (Å²) in [5.41, 5.74) is 3.18. The number of carbonyl (C=O) groups is 1. The molecule has 1 unspecified atom stereocenters. The number of anilines is 1. The van der Waals surface area contributed by atoms with Gasteiger partial charge in [0, 0.05) is 22.7 Å². The molecule has 0 fully saturated rings. The van der Waals surface area contributed by atoms with Crippen molar-refractivity contribution in [2.24, 2.45) is 0 Å². The second kappa shape index (κ2) is 7.98. The van der Waals surface area contributed by atoms with E-state index in [4.69, 9.17) is 21.1 Å². The van der Waals surface area contributed by atoms with Gasteiger partial charge in [-0.25, -0.2) is 0 Å². The van der Waals surface area contributed by atoms with Crippen molar-refractivity contribution < 1.29 is 19.2 Å². The number of fused-ring (bicyclic) bond motifs is 1. The topological polar surface area (TPSA) is 52.0 Å². The van der Waals surface area contributed by atoms with E-state index in [0.717, 1.165) is 36.7 Å². The molecule has 0 saturated carbocycles. The maximum Gasteiger partial charge on any atom is 0.282 e. The first-order chi connectivity index (χ1) is 12.5. The zero-order chi connectivity index (χ0) is 18.7. The SMILES string of the molecule is COc1cc2c(cc1OC)C[NH+]([C@H](C)C(=O)Nc1cccc(Cl)c1)CC2. The molecule has 5 nitrogen and oxygen atoms in total. The van der Waals surface area contributed by atoms with Crippen LogP contribution in [0.5, 0.6) is 11.5 Å². The van der Waals surface area contributed by atoms with E-state index in [1.807, 2.05) is 31.2 Å². The minimum atomic E-state index is -0.171. The molecular formula is C20H24ClN2O3+. The van der Waals surface area contributed by atoms with E-state index >= 15 is 0 Å². The third-order valence-electron chi connectivity index (χ3n) is 4.94. The Morgan fingerprint density at radius 1 is 1.15 bits per heavy atom. The van der Waals surface area contributed by atoms with Crippen LogP contribution in [-0.2, 0) is 17.8 Å². The van der Waals surface area contributed by atoms with Crippen LogP contribution in [0.4, 0.5) is 5.69 Å². The monoisotopic (exact) mass is 375 g/mol. The molecule has 2 aromatic carbocycles. The van der Waals surface area contributed by atoms with Crippen LogP contribution >= 0.6 is 11.6 Å². The molecule has 0 radical (unpaired) electrons. The molecule has 0 aliphatic carbocycles. The first-order valence-electron chi connectivity index (χ1n) is 8.66. The predicted octanol–water partition coefficient (Wildman–Crippen LogP) is 2.33. The van der Waals surface area contributed by atoms with Crippen molar-refractivity contribution in [1.29, 1.82) is 0 Å². The van der Waals surface area contributed by atoms with Gasteiger partial charge in [-0.05, 0) is 42.8 Å². The maximum atomic E-state index is 12.6. The summed E-state index contributed by atoms with van der Waals surface area (Å²) in [6.07, 6.45) is 0.903. The molecule has 1 amide bonds. The summed E-state index contributed by atoms with van der Waals surface area (Å²) in [5.74, 6) is 1.47. The Labute approximate surface area is 158 Å². The number of methoxy groups -OCH3 is 2. The Hall–Kier alpha value is -2.24. The van der Waals surface area contributed by atoms with Crippen molar-refractivity contribution in [2.75, 3.05) is 26.1 Å². The molecule has 1 aliphatic rings. The van der Waals surface area contributed by atoms with E-state index in [0.29, 0.717) is 5.02 Å². The molecule has 2 N–H and O–H groups in total. The number of hydrogen-bond donors (Lipinski definition) is 2. The quantitative estimate of drug-likeness (QED) is 0.843. The van der Waals surface area contributed by atoms with Crippen molar-refractivity contribution in [3.05, 3.63) is 52.5 Å². The van der Waals surface area contributed by atoms with E-state index < -0.39 is 0 Å². The van der Waals surface area contributed by atoms with E-state index in [2.05, 4.69) is 5.32 Å². The molecule has 0 bridgehead atoms. The van der Waals surface area contributed by atoms with Crippen molar-refractivity contribution in [1.82, 2.24) is 0 Å². The summed E-state index contributed by atoms with van der Waals surface area (Å²) in [7, 11) is 3.28. The van der Waals surface area contributed by atoms with Crippen LogP contribution in [0.2, 0.25) is 5.02 Å². The van der Waals surface area contributed by atoms with Crippen LogP contribution in [-0.4, -0.2) is 32.7 Å². The molecule has 0 aromatic heterocycles. The zero-order valence-corrected chi connectivity index (χ0v) is 16.0. The number of rotatable bonds is 5. The second-order valence-corrected chi connectivity index (χ2v) is 6.97. The van der Waals surface area contributed by atoms with Crippen LogP contribution in [0.25, 0.3) is 0 Å². The van der Waals surface area contributed by atoms with Gasteiger partial charge in [-0.3, -0.25) is 4.79 Å². The molecule has 2 aromatic rings. The molecule has 1 aliphatic heterocycles. The van der Waals surface area contributed by atoms with Gasteiger partial charge in [-0.15, -0.1) is 0 Å². The fourth-order valence-corrected chi connectivity index (χ4v) is 3.55. The first-order valence-corrected chi connectivity index (χ1v) is 9.04. The molecule has 1 heterocycles. The summed E-state index contributed by atoms with van der Waals surface area (Å²) in [4.78, 5) is 13.9. The number of hydrogen-bond acceptors (Lipinski definition) is 3. The molecule has 26 heavy (non-hydrogen) atoms. The van der Waals surface area contributed by atoms with Gasteiger partial charge in [0.15, 0.2) is 17.5 Å². The average Bonchev–Trinajstić information content (AvgIpc) is 2.65. The average molecular weight is 376 g/mol. The number of benzene rings is 2. The van der Waals surface area contributed by atoms with Crippen LogP contribution in [0.15, 0.2) is 36.4 Å². The number of amides is 1. The fraction of sp³-hybridized carbons (Fsp3) is 0.350.